The van der Waals surface area contributed by atoms with Crippen LogP contribution in [0.2, 0.25) is 0 Å². The lowest BCUT2D eigenvalue weighted by Gasteiger charge is -2.09. The van der Waals surface area contributed by atoms with E-state index in [1.165, 1.54) is 42.6 Å². The molecule has 1 heterocycles. The number of fused-ring (bicyclic) bond motifs is 1. The quantitative estimate of drug-likeness (QED) is 0.108. The van der Waals surface area contributed by atoms with Crippen LogP contribution >= 0.6 is 0 Å². The monoisotopic (exact) mass is 551 g/mol. The molecule has 204 valence electrons. The number of ether oxygens (including phenoxy) is 3. The average molecular weight is 552 g/mol. The van der Waals surface area contributed by atoms with Crippen LogP contribution in [0.25, 0.3) is 6.08 Å². The Morgan fingerprint density at radius 2 is 1.54 bits per heavy atom. The predicted molar refractivity (Wildman–Crippen MR) is 148 cm³/mol. The van der Waals surface area contributed by atoms with Crippen LogP contribution in [0.4, 0.5) is 4.39 Å². The second-order valence-corrected chi connectivity index (χ2v) is 8.66. The molecule has 1 aliphatic heterocycles. The number of carbonyl (C=O) groups is 3. The first-order valence-corrected chi connectivity index (χ1v) is 12.3. The van der Waals surface area contributed by atoms with E-state index < -0.39 is 23.6 Å². The molecule has 2 amide bonds. The van der Waals surface area contributed by atoms with Crippen molar-refractivity contribution in [2.45, 2.75) is 0 Å². The molecule has 0 saturated carbocycles. The molecule has 2 N–H and O–H groups in total. The van der Waals surface area contributed by atoms with Crippen molar-refractivity contribution >= 4 is 30.1 Å². The lowest BCUT2D eigenvalue weighted by atomic mass is 10.1. The first-order valence-electron chi connectivity index (χ1n) is 12.3. The minimum atomic E-state index is -0.697. The van der Waals surface area contributed by atoms with Crippen molar-refractivity contribution in [3.63, 3.8) is 0 Å². The number of esters is 1. The SMILES string of the molecule is O=C(N/N=C\c1ccc(OC(=O)c2cccc(F)c2)cc1)/C(=C\c1ccc2c(c1)OCO2)NC(=O)c1ccccc1. The third kappa shape index (κ3) is 7.01. The number of carbonyl (C=O) groups excluding carboxylic acids is 3. The fourth-order valence-electron chi connectivity index (χ4n) is 3.74. The fraction of sp³-hybridized carbons (Fsp3) is 0.0323. The zero-order chi connectivity index (χ0) is 28.6. The molecule has 4 aromatic carbocycles. The molecular weight excluding hydrogens is 529 g/mol. The summed E-state index contributed by atoms with van der Waals surface area (Å²) in [5, 5.41) is 6.61. The Hall–Kier alpha value is -5.77. The van der Waals surface area contributed by atoms with Gasteiger partial charge in [0.15, 0.2) is 11.5 Å². The molecule has 4 aromatic rings. The molecule has 0 radical (unpaired) electrons. The van der Waals surface area contributed by atoms with E-state index in [-0.39, 0.29) is 23.8 Å². The van der Waals surface area contributed by atoms with Gasteiger partial charge in [-0.15, -0.1) is 0 Å². The van der Waals surface area contributed by atoms with E-state index in [9.17, 15) is 18.8 Å². The highest BCUT2D eigenvalue weighted by Crippen LogP contribution is 2.33. The van der Waals surface area contributed by atoms with E-state index in [0.717, 1.165) is 6.07 Å². The zero-order valence-electron chi connectivity index (χ0n) is 21.4. The Labute approximate surface area is 233 Å². The Morgan fingerprint density at radius 1 is 0.805 bits per heavy atom. The zero-order valence-corrected chi connectivity index (χ0v) is 21.4. The van der Waals surface area contributed by atoms with Gasteiger partial charge in [0.1, 0.15) is 17.3 Å². The largest absolute Gasteiger partial charge is 0.454 e. The van der Waals surface area contributed by atoms with Gasteiger partial charge in [0.2, 0.25) is 6.79 Å². The Morgan fingerprint density at radius 3 is 2.32 bits per heavy atom. The summed E-state index contributed by atoms with van der Waals surface area (Å²) in [5.74, 6) is -1.02. The van der Waals surface area contributed by atoms with E-state index in [4.69, 9.17) is 14.2 Å². The van der Waals surface area contributed by atoms with Crippen LogP contribution in [0, 0.1) is 5.82 Å². The minimum absolute atomic E-state index is 0.0468. The van der Waals surface area contributed by atoms with E-state index in [1.54, 1.807) is 60.7 Å². The summed E-state index contributed by atoms with van der Waals surface area (Å²) in [5.41, 5.74) is 4.00. The van der Waals surface area contributed by atoms with Gasteiger partial charge in [-0.2, -0.15) is 5.10 Å². The number of amides is 2. The molecule has 5 rings (SSSR count). The van der Waals surface area contributed by atoms with Crippen LogP contribution in [0.1, 0.15) is 31.8 Å². The summed E-state index contributed by atoms with van der Waals surface area (Å²) in [6.45, 7) is 0.103. The molecule has 0 bridgehead atoms. The number of halogens is 1. The molecule has 0 saturated heterocycles. The third-order valence-electron chi connectivity index (χ3n) is 5.77. The molecule has 9 nitrogen and oxygen atoms in total. The van der Waals surface area contributed by atoms with E-state index in [1.807, 2.05) is 0 Å². The highest BCUT2D eigenvalue weighted by atomic mass is 19.1. The number of nitrogens with zero attached hydrogens (tertiary/aromatic N) is 1. The van der Waals surface area contributed by atoms with Gasteiger partial charge in [-0.1, -0.05) is 30.3 Å². The molecule has 0 spiro atoms. The number of hydrogen-bond donors (Lipinski definition) is 2. The van der Waals surface area contributed by atoms with Crippen molar-refractivity contribution in [1.29, 1.82) is 0 Å². The van der Waals surface area contributed by atoms with Crippen molar-refractivity contribution in [2.24, 2.45) is 5.10 Å². The molecule has 10 heteroatoms. The van der Waals surface area contributed by atoms with Gasteiger partial charge in [0.05, 0.1) is 11.8 Å². The summed E-state index contributed by atoms with van der Waals surface area (Å²) >= 11 is 0. The Kier molecular flexibility index (Phi) is 8.11. The predicted octanol–water partition coefficient (Wildman–Crippen LogP) is 4.69. The van der Waals surface area contributed by atoms with Crippen molar-refractivity contribution in [3.05, 3.63) is 131 Å². The fourth-order valence-corrected chi connectivity index (χ4v) is 3.74. The Bertz CT molecular complexity index is 1650. The van der Waals surface area contributed by atoms with Crippen LogP contribution in [0.5, 0.6) is 17.2 Å². The molecular formula is C31H22FN3O6. The first-order chi connectivity index (χ1) is 19.9. The lowest BCUT2D eigenvalue weighted by molar-refractivity contribution is -0.117. The Balaban J connectivity index is 1.26. The number of rotatable bonds is 8. The summed E-state index contributed by atoms with van der Waals surface area (Å²) in [6, 6.07) is 25.1. The normalized spacial score (nSPS) is 12.2. The van der Waals surface area contributed by atoms with Gasteiger partial charge >= 0.3 is 5.97 Å². The highest BCUT2D eigenvalue weighted by Gasteiger charge is 2.17. The van der Waals surface area contributed by atoms with E-state index >= 15 is 0 Å². The minimum Gasteiger partial charge on any atom is -0.454 e. The van der Waals surface area contributed by atoms with Crippen molar-refractivity contribution in [1.82, 2.24) is 10.7 Å². The van der Waals surface area contributed by atoms with Gasteiger partial charge in [-0.3, -0.25) is 9.59 Å². The van der Waals surface area contributed by atoms with E-state index in [2.05, 4.69) is 15.8 Å². The third-order valence-corrected chi connectivity index (χ3v) is 5.77. The number of hydrazone groups is 1. The van der Waals surface area contributed by atoms with Crippen LogP contribution < -0.4 is 25.0 Å². The van der Waals surface area contributed by atoms with Crippen molar-refractivity contribution in [3.8, 4) is 17.2 Å². The molecule has 0 aromatic heterocycles. The van der Waals surface area contributed by atoms with Crippen LogP contribution in [0.15, 0.2) is 108 Å². The summed E-state index contributed by atoms with van der Waals surface area (Å²) < 4.78 is 29.3. The molecule has 0 unspecified atom stereocenters. The summed E-state index contributed by atoms with van der Waals surface area (Å²) in [4.78, 5) is 38.0. The number of nitrogens with one attached hydrogen (secondary N) is 2. The van der Waals surface area contributed by atoms with Crippen molar-refractivity contribution < 1.29 is 33.0 Å². The van der Waals surface area contributed by atoms with E-state index in [0.29, 0.717) is 28.2 Å². The van der Waals surface area contributed by atoms with Crippen LogP contribution in [-0.2, 0) is 4.79 Å². The standard InChI is InChI=1S/C31H22FN3O6/c32-24-8-4-7-23(17-24)31(38)41-25-12-9-20(10-13-25)18-33-35-30(37)26(34-29(36)22-5-2-1-3-6-22)15-21-11-14-27-28(16-21)40-19-39-27/h1-18H,19H2,(H,34,36)(H,35,37)/b26-15+,33-18-. The molecule has 0 atom stereocenters. The second kappa shape index (κ2) is 12.4. The molecule has 0 fully saturated rings. The molecule has 0 aliphatic carbocycles. The molecule has 1 aliphatic rings. The maximum Gasteiger partial charge on any atom is 0.343 e. The van der Waals surface area contributed by atoms with Crippen LogP contribution in [-0.4, -0.2) is 30.8 Å². The van der Waals surface area contributed by atoms with Gasteiger partial charge in [0, 0.05) is 5.56 Å². The van der Waals surface area contributed by atoms with Gasteiger partial charge in [-0.25, -0.2) is 14.6 Å². The smallest absolute Gasteiger partial charge is 0.343 e. The summed E-state index contributed by atoms with van der Waals surface area (Å²) in [6.07, 6.45) is 2.88. The number of benzene rings is 4. The average Bonchev–Trinajstić information content (AvgIpc) is 3.46. The number of hydrogen-bond acceptors (Lipinski definition) is 7. The summed E-state index contributed by atoms with van der Waals surface area (Å²) in [7, 11) is 0. The highest BCUT2D eigenvalue weighted by molar-refractivity contribution is 6.05. The first kappa shape index (κ1) is 26.8. The lowest BCUT2D eigenvalue weighted by Crippen LogP contribution is -2.32. The van der Waals surface area contributed by atoms with Crippen molar-refractivity contribution in [2.75, 3.05) is 6.79 Å². The van der Waals surface area contributed by atoms with Gasteiger partial charge in [0.25, 0.3) is 11.8 Å². The van der Waals surface area contributed by atoms with Gasteiger partial charge in [-0.05, 0) is 83.9 Å². The van der Waals surface area contributed by atoms with Crippen LogP contribution in [0.3, 0.4) is 0 Å². The topological polar surface area (TPSA) is 115 Å². The van der Waals surface area contributed by atoms with Gasteiger partial charge < -0.3 is 19.5 Å². The maximum absolute atomic E-state index is 13.4. The molecule has 41 heavy (non-hydrogen) atoms. The second-order valence-electron chi connectivity index (χ2n) is 8.66. The maximum atomic E-state index is 13.4.